The van der Waals surface area contributed by atoms with Crippen LogP contribution in [0.15, 0.2) is 59.1 Å². The summed E-state index contributed by atoms with van der Waals surface area (Å²) in [6.45, 7) is 4.20. The number of aromatic nitrogens is 1. The molecule has 0 radical (unpaired) electrons. The van der Waals surface area contributed by atoms with Crippen molar-refractivity contribution in [2.75, 3.05) is 6.61 Å². The predicted molar refractivity (Wildman–Crippen MR) is 113 cm³/mol. The van der Waals surface area contributed by atoms with Crippen LogP contribution in [-0.4, -0.2) is 17.1 Å². The Labute approximate surface area is 173 Å². The maximum atomic E-state index is 11.9. The fourth-order valence-electron chi connectivity index (χ4n) is 3.24. The van der Waals surface area contributed by atoms with Gasteiger partial charge >= 0.3 is 5.97 Å². The molecule has 0 bridgehead atoms. The van der Waals surface area contributed by atoms with Crippen LogP contribution in [0.25, 0.3) is 16.9 Å². The monoisotopic (exact) mass is 436 g/mol. The van der Waals surface area contributed by atoms with E-state index in [9.17, 15) is 10.1 Å². The van der Waals surface area contributed by atoms with E-state index in [-0.39, 0.29) is 5.97 Å². The zero-order valence-corrected chi connectivity index (χ0v) is 17.5. The molecule has 28 heavy (non-hydrogen) atoms. The summed E-state index contributed by atoms with van der Waals surface area (Å²) in [5, 5.41) is 9.18. The molecule has 2 aromatic carbocycles. The van der Waals surface area contributed by atoms with Gasteiger partial charge < -0.3 is 9.30 Å². The molecule has 0 fully saturated rings. The van der Waals surface area contributed by atoms with Crippen LogP contribution in [0, 0.1) is 18.3 Å². The van der Waals surface area contributed by atoms with E-state index in [1.54, 1.807) is 0 Å². The van der Waals surface area contributed by atoms with Crippen LogP contribution in [0.4, 0.5) is 0 Å². The van der Waals surface area contributed by atoms with Crippen molar-refractivity contribution in [2.45, 2.75) is 26.7 Å². The third-order valence-corrected chi connectivity index (χ3v) is 5.09. The number of hydrogen-bond donors (Lipinski definition) is 0. The number of hydrogen-bond acceptors (Lipinski definition) is 3. The Hall–Kier alpha value is -2.84. The van der Waals surface area contributed by atoms with Crippen LogP contribution in [0.2, 0.25) is 0 Å². The van der Waals surface area contributed by atoms with Crippen molar-refractivity contribution in [3.63, 3.8) is 0 Å². The fraction of sp³-hybridized carbons (Fsp3) is 0.217. The molecule has 4 nitrogen and oxygen atoms in total. The molecule has 1 aromatic heterocycles. The lowest BCUT2D eigenvalue weighted by atomic mass is 10.1. The van der Waals surface area contributed by atoms with E-state index in [0.29, 0.717) is 25.0 Å². The Morgan fingerprint density at radius 2 is 1.89 bits per heavy atom. The normalized spacial score (nSPS) is 10.5. The molecule has 3 rings (SSSR count). The summed E-state index contributed by atoms with van der Waals surface area (Å²) in [4.78, 5) is 11.9. The first-order valence-electron chi connectivity index (χ1n) is 9.16. The summed E-state index contributed by atoms with van der Waals surface area (Å²) in [6, 6.07) is 20.1. The van der Waals surface area contributed by atoms with E-state index >= 15 is 0 Å². The molecule has 5 heteroatoms. The highest BCUT2D eigenvalue weighted by Gasteiger charge is 2.15. The average Bonchev–Trinajstić information content (AvgIpc) is 3.10. The smallest absolute Gasteiger partial charge is 0.306 e. The van der Waals surface area contributed by atoms with Gasteiger partial charge in [-0.2, -0.15) is 5.26 Å². The summed E-state index contributed by atoms with van der Waals surface area (Å²) in [5.41, 5.74) is 5.78. The van der Waals surface area contributed by atoms with Crippen molar-refractivity contribution in [3.05, 3.63) is 75.9 Å². The van der Waals surface area contributed by atoms with Gasteiger partial charge in [0.1, 0.15) is 0 Å². The summed E-state index contributed by atoms with van der Waals surface area (Å²) < 4.78 is 8.26. The quantitative estimate of drug-likeness (QED) is 0.473. The van der Waals surface area contributed by atoms with Gasteiger partial charge in [0, 0.05) is 15.9 Å². The second kappa shape index (κ2) is 8.90. The van der Waals surface area contributed by atoms with Crippen molar-refractivity contribution in [2.24, 2.45) is 0 Å². The Bertz CT molecular complexity index is 1030. The molecule has 0 unspecified atom stereocenters. The highest BCUT2D eigenvalue weighted by Crippen LogP contribution is 2.30. The van der Waals surface area contributed by atoms with E-state index in [4.69, 9.17) is 4.74 Å². The molecule has 0 saturated heterocycles. The van der Waals surface area contributed by atoms with Crippen LogP contribution in [0.5, 0.6) is 0 Å². The highest BCUT2D eigenvalue weighted by atomic mass is 79.9. The molecule has 1 heterocycles. The van der Waals surface area contributed by atoms with Gasteiger partial charge in [-0.05, 0) is 73.9 Å². The third-order valence-electron chi connectivity index (χ3n) is 4.56. The number of nitrogens with zero attached hydrogens (tertiary/aromatic N) is 2. The topological polar surface area (TPSA) is 55.0 Å². The number of nitriles is 1. The minimum atomic E-state index is -0.197. The Morgan fingerprint density at radius 3 is 2.54 bits per heavy atom. The number of carbonyl (C=O) groups is 1. The van der Waals surface area contributed by atoms with Crippen molar-refractivity contribution in [3.8, 4) is 23.0 Å². The number of halogens is 1. The zero-order valence-electron chi connectivity index (χ0n) is 15.9. The van der Waals surface area contributed by atoms with Gasteiger partial charge in [0.25, 0.3) is 0 Å². The van der Waals surface area contributed by atoms with Crippen molar-refractivity contribution < 1.29 is 9.53 Å². The number of carbonyl (C=O) groups excluding carboxylic acids is 1. The first kappa shape index (κ1) is 19.9. The number of ether oxygens (including phenoxy) is 1. The summed E-state index contributed by atoms with van der Waals surface area (Å²) in [6.07, 6.45) is 0.905. The van der Waals surface area contributed by atoms with E-state index in [0.717, 1.165) is 32.7 Å². The number of esters is 1. The minimum Gasteiger partial charge on any atom is -0.466 e. The Morgan fingerprint density at radius 1 is 1.14 bits per heavy atom. The standard InChI is InChI=1S/C23H21BrN2O2/c1-3-28-23(27)13-10-20-9-12-22(18-5-7-19(24)8-6-18)26(20)21-11-4-17(15-25)14-16(21)2/h4-9,11-12,14H,3,10,13H2,1-2H3. The molecule has 0 aliphatic rings. The molecule has 0 saturated carbocycles. The lowest BCUT2D eigenvalue weighted by molar-refractivity contribution is -0.143. The Kier molecular flexibility index (Phi) is 6.33. The molecule has 0 atom stereocenters. The first-order chi connectivity index (χ1) is 13.5. The summed E-state index contributed by atoms with van der Waals surface area (Å²) >= 11 is 3.48. The SMILES string of the molecule is CCOC(=O)CCc1ccc(-c2ccc(Br)cc2)n1-c1ccc(C#N)cc1C. The molecular formula is C23H21BrN2O2. The van der Waals surface area contributed by atoms with Crippen molar-refractivity contribution >= 4 is 21.9 Å². The third kappa shape index (κ3) is 4.35. The van der Waals surface area contributed by atoms with E-state index < -0.39 is 0 Å². The molecule has 0 N–H and O–H groups in total. The second-order valence-electron chi connectivity index (χ2n) is 6.47. The molecule has 0 spiro atoms. The molecule has 142 valence electrons. The number of aryl methyl sites for hydroxylation is 2. The minimum absolute atomic E-state index is 0.197. The van der Waals surface area contributed by atoms with Gasteiger partial charge in [0.05, 0.1) is 30.4 Å². The van der Waals surface area contributed by atoms with Gasteiger partial charge in [0.15, 0.2) is 0 Å². The fourth-order valence-corrected chi connectivity index (χ4v) is 3.51. The maximum absolute atomic E-state index is 11.9. The van der Waals surface area contributed by atoms with Crippen LogP contribution in [0.3, 0.4) is 0 Å². The molecule has 0 aliphatic heterocycles. The molecule has 0 amide bonds. The predicted octanol–water partition coefficient (Wildman–Crippen LogP) is 5.58. The van der Waals surface area contributed by atoms with Gasteiger partial charge in [-0.25, -0.2) is 0 Å². The van der Waals surface area contributed by atoms with Gasteiger partial charge in [-0.15, -0.1) is 0 Å². The van der Waals surface area contributed by atoms with Crippen LogP contribution >= 0.6 is 15.9 Å². The van der Waals surface area contributed by atoms with Gasteiger partial charge in [-0.3, -0.25) is 4.79 Å². The molecule has 0 aliphatic carbocycles. The van der Waals surface area contributed by atoms with E-state index in [1.807, 2.05) is 50.2 Å². The van der Waals surface area contributed by atoms with Crippen LogP contribution < -0.4 is 0 Å². The Balaban J connectivity index is 2.08. The van der Waals surface area contributed by atoms with Crippen LogP contribution in [0.1, 0.15) is 30.2 Å². The lowest BCUT2D eigenvalue weighted by Gasteiger charge is -2.17. The van der Waals surface area contributed by atoms with E-state index in [2.05, 4.69) is 44.8 Å². The van der Waals surface area contributed by atoms with Crippen LogP contribution in [-0.2, 0) is 16.0 Å². The molecular weight excluding hydrogens is 416 g/mol. The lowest BCUT2D eigenvalue weighted by Crippen LogP contribution is -2.09. The van der Waals surface area contributed by atoms with Gasteiger partial charge in [-0.1, -0.05) is 28.1 Å². The highest BCUT2D eigenvalue weighted by molar-refractivity contribution is 9.10. The second-order valence-corrected chi connectivity index (χ2v) is 7.39. The van der Waals surface area contributed by atoms with Crippen molar-refractivity contribution in [1.82, 2.24) is 4.57 Å². The maximum Gasteiger partial charge on any atom is 0.306 e. The summed E-state index contributed by atoms with van der Waals surface area (Å²) in [5.74, 6) is -0.197. The van der Waals surface area contributed by atoms with Gasteiger partial charge in [0.2, 0.25) is 0 Å². The number of benzene rings is 2. The molecule has 3 aromatic rings. The average molecular weight is 437 g/mol. The first-order valence-corrected chi connectivity index (χ1v) is 9.96. The van der Waals surface area contributed by atoms with Crippen molar-refractivity contribution in [1.29, 1.82) is 5.26 Å². The van der Waals surface area contributed by atoms with E-state index in [1.165, 1.54) is 0 Å². The summed E-state index contributed by atoms with van der Waals surface area (Å²) in [7, 11) is 0. The number of rotatable bonds is 6. The largest absolute Gasteiger partial charge is 0.466 e. The zero-order chi connectivity index (χ0) is 20.1.